The maximum Gasteiger partial charge on any atom is 0.308 e. The number of carbonyl (C=O) groups excluding carboxylic acids is 2. The van der Waals surface area contributed by atoms with Crippen LogP contribution in [0.5, 0.6) is 5.75 Å². The first-order chi connectivity index (χ1) is 12.5. The third kappa shape index (κ3) is 3.98. The van der Waals surface area contributed by atoms with Gasteiger partial charge in [-0.2, -0.15) is 0 Å². The molecule has 1 amide bonds. The second kappa shape index (κ2) is 7.66. The zero-order valence-corrected chi connectivity index (χ0v) is 14.7. The van der Waals surface area contributed by atoms with Crippen molar-refractivity contribution in [2.24, 2.45) is 0 Å². The topological polar surface area (TPSA) is 55.4 Å². The summed E-state index contributed by atoms with van der Waals surface area (Å²) >= 11 is 0. The van der Waals surface area contributed by atoms with Crippen LogP contribution in [0.3, 0.4) is 0 Å². The van der Waals surface area contributed by atoms with E-state index in [1.165, 1.54) is 6.92 Å². The Morgan fingerprint density at radius 2 is 1.54 bits per heavy atom. The van der Waals surface area contributed by atoms with Crippen LogP contribution in [-0.4, -0.2) is 11.9 Å². The van der Waals surface area contributed by atoms with Crippen LogP contribution in [0, 0.1) is 6.92 Å². The Bertz CT molecular complexity index is 949. The van der Waals surface area contributed by atoms with Crippen LogP contribution >= 0.6 is 0 Å². The number of para-hydroxylation sites is 1. The van der Waals surface area contributed by atoms with Crippen molar-refractivity contribution >= 4 is 17.6 Å². The van der Waals surface area contributed by atoms with Crippen molar-refractivity contribution in [2.45, 2.75) is 13.8 Å². The SMILES string of the molecule is CC(=O)Oc1ccccc1C(=O)Nc1cc(-c2ccccc2)ccc1C. The number of esters is 1. The van der Waals surface area contributed by atoms with Crippen LogP contribution < -0.4 is 10.1 Å². The van der Waals surface area contributed by atoms with Gasteiger partial charge in [0.15, 0.2) is 0 Å². The Morgan fingerprint density at radius 1 is 0.846 bits per heavy atom. The summed E-state index contributed by atoms with van der Waals surface area (Å²) in [6.45, 7) is 3.24. The van der Waals surface area contributed by atoms with Crippen molar-refractivity contribution in [1.29, 1.82) is 0 Å². The number of nitrogens with one attached hydrogen (secondary N) is 1. The van der Waals surface area contributed by atoms with Gasteiger partial charge in [-0.3, -0.25) is 9.59 Å². The molecule has 0 spiro atoms. The van der Waals surface area contributed by atoms with Gasteiger partial charge >= 0.3 is 5.97 Å². The van der Waals surface area contributed by atoms with Gasteiger partial charge < -0.3 is 10.1 Å². The van der Waals surface area contributed by atoms with Crippen molar-refractivity contribution < 1.29 is 14.3 Å². The predicted molar refractivity (Wildman–Crippen MR) is 102 cm³/mol. The third-order valence-corrected chi connectivity index (χ3v) is 3.98. The molecule has 1 N–H and O–H groups in total. The molecule has 0 fully saturated rings. The molecule has 0 bridgehead atoms. The molecule has 0 aliphatic carbocycles. The van der Waals surface area contributed by atoms with E-state index in [0.29, 0.717) is 11.3 Å². The fourth-order valence-corrected chi connectivity index (χ4v) is 2.65. The lowest BCUT2D eigenvalue weighted by Crippen LogP contribution is -2.15. The zero-order valence-electron chi connectivity index (χ0n) is 14.7. The number of rotatable bonds is 4. The highest BCUT2D eigenvalue weighted by Crippen LogP contribution is 2.27. The van der Waals surface area contributed by atoms with Crippen LogP contribution in [0.1, 0.15) is 22.8 Å². The first-order valence-electron chi connectivity index (χ1n) is 8.29. The molecule has 4 nitrogen and oxygen atoms in total. The lowest BCUT2D eigenvalue weighted by molar-refractivity contribution is -0.131. The molecule has 130 valence electrons. The highest BCUT2D eigenvalue weighted by molar-refractivity contribution is 6.07. The van der Waals surface area contributed by atoms with E-state index in [-0.39, 0.29) is 11.7 Å². The van der Waals surface area contributed by atoms with Gasteiger partial charge in [-0.15, -0.1) is 0 Å². The number of anilines is 1. The molecule has 0 heterocycles. The van der Waals surface area contributed by atoms with E-state index in [1.54, 1.807) is 24.3 Å². The van der Waals surface area contributed by atoms with Crippen LogP contribution in [0.25, 0.3) is 11.1 Å². The Hall–Kier alpha value is -3.40. The van der Waals surface area contributed by atoms with Gasteiger partial charge in [-0.1, -0.05) is 54.6 Å². The Labute approximate surface area is 152 Å². The minimum absolute atomic E-state index is 0.245. The lowest BCUT2D eigenvalue weighted by atomic mass is 10.0. The molecule has 4 heteroatoms. The van der Waals surface area contributed by atoms with Crippen LogP contribution in [0.4, 0.5) is 5.69 Å². The standard InChI is InChI=1S/C22H19NO3/c1-15-12-13-18(17-8-4-3-5-9-17)14-20(15)23-22(25)19-10-6-7-11-21(19)26-16(2)24/h3-14H,1-2H3,(H,23,25). The molecule has 0 saturated carbocycles. The van der Waals surface area contributed by atoms with Crippen molar-refractivity contribution in [3.05, 3.63) is 83.9 Å². The molecule has 0 aromatic heterocycles. The molecule has 0 saturated heterocycles. The fourth-order valence-electron chi connectivity index (χ4n) is 2.65. The number of amides is 1. The van der Waals surface area contributed by atoms with Crippen molar-refractivity contribution in [3.63, 3.8) is 0 Å². The van der Waals surface area contributed by atoms with E-state index >= 15 is 0 Å². The van der Waals surface area contributed by atoms with Crippen LogP contribution in [-0.2, 0) is 4.79 Å². The van der Waals surface area contributed by atoms with Gasteiger partial charge in [-0.25, -0.2) is 0 Å². The number of hydrogen-bond donors (Lipinski definition) is 1. The van der Waals surface area contributed by atoms with Gasteiger partial charge in [0.25, 0.3) is 5.91 Å². The summed E-state index contributed by atoms with van der Waals surface area (Å²) in [6.07, 6.45) is 0. The summed E-state index contributed by atoms with van der Waals surface area (Å²) in [5, 5.41) is 2.92. The molecule has 0 aliphatic rings. The number of carbonyl (C=O) groups is 2. The maximum absolute atomic E-state index is 12.7. The summed E-state index contributed by atoms with van der Waals surface area (Å²) in [6, 6.07) is 22.6. The summed E-state index contributed by atoms with van der Waals surface area (Å²) in [7, 11) is 0. The first-order valence-corrected chi connectivity index (χ1v) is 8.29. The first kappa shape index (κ1) is 17.4. The van der Waals surface area contributed by atoms with E-state index in [1.807, 2.05) is 55.5 Å². The zero-order chi connectivity index (χ0) is 18.5. The largest absolute Gasteiger partial charge is 0.426 e. The number of hydrogen-bond acceptors (Lipinski definition) is 3. The van der Waals surface area contributed by atoms with Crippen LogP contribution in [0.2, 0.25) is 0 Å². The predicted octanol–water partition coefficient (Wildman–Crippen LogP) is 4.84. The van der Waals surface area contributed by atoms with E-state index in [0.717, 1.165) is 16.7 Å². The molecule has 0 unspecified atom stereocenters. The van der Waals surface area contributed by atoms with E-state index in [2.05, 4.69) is 5.32 Å². The molecule has 3 rings (SSSR count). The Balaban J connectivity index is 1.90. The number of aryl methyl sites for hydroxylation is 1. The molecular formula is C22H19NO3. The van der Waals surface area contributed by atoms with Gasteiger partial charge in [0.1, 0.15) is 5.75 Å². The molecule has 26 heavy (non-hydrogen) atoms. The molecule has 3 aromatic rings. The minimum Gasteiger partial charge on any atom is -0.426 e. The molecule has 0 atom stereocenters. The fraction of sp³-hybridized carbons (Fsp3) is 0.0909. The lowest BCUT2D eigenvalue weighted by Gasteiger charge is -2.13. The Kier molecular flexibility index (Phi) is 5.13. The van der Waals surface area contributed by atoms with Gasteiger partial charge in [0.05, 0.1) is 5.56 Å². The minimum atomic E-state index is -0.465. The molecule has 0 aliphatic heterocycles. The summed E-state index contributed by atoms with van der Waals surface area (Å²) in [5.41, 5.74) is 4.06. The summed E-state index contributed by atoms with van der Waals surface area (Å²) in [5.74, 6) is -0.544. The summed E-state index contributed by atoms with van der Waals surface area (Å²) in [4.78, 5) is 24.0. The van der Waals surface area contributed by atoms with Gasteiger partial charge in [-0.05, 0) is 41.8 Å². The monoisotopic (exact) mass is 345 g/mol. The molecule has 0 radical (unpaired) electrons. The second-order valence-corrected chi connectivity index (χ2v) is 5.94. The second-order valence-electron chi connectivity index (χ2n) is 5.94. The van der Waals surface area contributed by atoms with Crippen LogP contribution in [0.15, 0.2) is 72.8 Å². The average molecular weight is 345 g/mol. The summed E-state index contributed by atoms with van der Waals surface area (Å²) < 4.78 is 5.13. The maximum atomic E-state index is 12.7. The molecular weight excluding hydrogens is 326 g/mol. The van der Waals surface area contributed by atoms with E-state index < -0.39 is 5.97 Å². The highest BCUT2D eigenvalue weighted by atomic mass is 16.5. The average Bonchev–Trinajstić information content (AvgIpc) is 2.64. The van der Waals surface area contributed by atoms with Crippen molar-refractivity contribution in [2.75, 3.05) is 5.32 Å². The Morgan fingerprint density at radius 3 is 2.27 bits per heavy atom. The van der Waals surface area contributed by atoms with Crippen molar-refractivity contribution in [1.82, 2.24) is 0 Å². The number of ether oxygens (including phenoxy) is 1. The molecule has 3 aromatic carbocycles. The quantitative estimate of drug-likeness (QED) is 0.544. The normalized spacial score (nSPS) is 10.2. The van der Waals surface area contributed by atoms with Gasteiger partial charge in [0.2, 0.25) is 0 Å². The van der Waals surface area contributed by atoms with Gasteiger partial charge in [0, 0.05) is 12.6 Å². The van der Waals surface area contributed by atoms with E-state index in [4.69, 9.17) is 4.74 Å². The third-order valence-electron chi connectivity index (χ3n) is 3.98. The smallest absolute Gasteiger partial charge is 0.308 e. The number of benzene rings is 3. The highest BCUT2D eigenvalue weighted by Gasteiger charge is 2.15. The van der Waals surface area contributed by atoms with E-state index in [9.17, 15) is 9.59 Å². The van der Waals surface area contributed by atoms with Crippen molar-refractivity contribution in [3.8, 4) is 16.9 Å².